The Morgan fingerprint density at radius 3 is 2.61 bits per heavy atom. The molecule has 0 saturated carbocycles. The lowest BCUT2D eigenvalue weighted by Gasteiger charge is -2.13. The van der Waals surface area contributed by atoms with Crippen molar-refractivity contribution in [3.05, 3.63) is 47.7 Å². The van der Waals surface area contributed by atoms with Crippen LogP contribution >= 0.6 is 11.8 Å². The maximum Gasteiger partial charge on any atom is 0.326 e. The number of aryl methyl sites for hydroxylation is 1. The van der Waals surface area contributed by atoms with Crippen molar-refractivity contribution in [3.8, 4) is 11.3 Å². The highest BCUT2D eigenvalue weighted by Crippen LogP contribution is 2.25. The molecule has 6 heteroatoms. The van der Waals surface area contributed by atoms with Crippen LogP contribution in [0.25, 0.3) is 11.3 Å². The predicted molar refractivity (Wildman–Crippen MR) is 90.8 cm³/mol. The number of furan rings is 1. The number of rotatable bonds is 7. The average molecular weight is 333 g/mol. The topological polar surface area (TPSA) is 79.5 Å². The first-order chi connectivity index (χ1) is 11.0. The summed E-state index contributed by atoms with van der Waals surface area (Å²) in [5, 5.41) is 11.8. The molecule has 0 aliphatic heterocycles. The van der Waals surface area contributed by atoms with Gasteiger partial charge in [0.25, 0.3) is 5.91 Å². The van der Waals surface area contributed by atoms with Gasteiger partial charge in [-0.1, -0.05) is 30.3 Å². The zero-order valence-electron chi connectivity index (χ0n) is 13.0. The number of carboxylic acid groups (broad SMARTS) is 1. The number of hydrogen-bond donors (Lipinski definition) is 2. The Hall–Kier alpha value is -2.21. The lowest BCUT2D eigenvalue weighted by Crippen LogP contribution is -2.41. The Balaban J connectivity index is 2.16. The number of nitrogens with one attached hydrogen (secondary N) is 1. The number of aliphatic carboxylic acids is 1. The van der Waals surface area contributed by atoms with Crippen LogP contribution in [0, 0.1) is 6.92 Å². The van der Waals surface area contributed by atoms with Gasteiger partial charge in [0.2, 0.25) is 0 Å². The van der Waals surface area contributed by atoms with E-state index in [2.05, 4.69) is 5.32 Å². The summed E-state index contributed by atoms with van der Waals surface area (Å²) >= 11 is 1.54. The van der Waals surface area contributed by atoms with Crippen molar-refractivity contribution in [1.82, 2.24) is 5.32 Å². The molecule has 5 nitrogen and oxygen atoms in total. The molecule has 0 saturated heterocycles. The molecular formula is C17H19NO4S. The van der Waals surface area contributed by atoms with Crippen LogP contribution in [0.1, 0.15) is 22.5 Å². The Kier molecular flexibility index (Phi) is 5.87. The molecular weight excluding hydrogens is 314 g/mol. The SMILES string of the molecule is CSCCC(NC(=O)c1cc(-c2ccccc2)oc1C)C(=O)O. The largest absolute Gasteiger partial charge is 0.480 e. The van der Waals surface area contributed by atoms with Crippen LogP contribution in [0.2, 0.25) is 0 Å². The lowest BCUT2D eigenvalue weighted by molar-refractivity contribution is -0.139. The third-order valence-corrected chi connectivity index (χ3v) is 4.08. The second-order valence-corrected chi connectivity index (χ2v) is 6.08. The summed E-state index contributed by atoms with van der Waals surface area (Å²) in [6.45, 7) is 1.69. The highest BCUT2D eigenvalue weighted by Gasteiger charge is 2.23. The first-order valence-electron chi connectivity index (χ1n) is 7.21. The fourth-order valence-electron chi connectivity index (χ4n) is 2.18. The van der Waals surface area contributed by atoms with Crippen LogP contribution in [-0.4, -0.2) is 35.0 Å². The molecule has 23 heavy (non-hydrogen) atoms. The van der Waals surface area contributed by atoms with Gasteiger partial charge in [0.1, 0.15) is 17.6 Å². The second kappa shape index (κ2) is 7.87. The molecule has 1 heterocycles. The van der Waals surface area contributed by atoms with Crippen LogP contribution in [-0.2, 0) is 4.79 Å². The number of carboxylic acids is 1. The molecule has 122 valence electrons. The molecule has 1 atom stereocenters. The molecule has 0 radical (unpaired) electrons. The summed E-state index contributed by atoms with van der Waals surface area (Å²) in [5.41, 5.74) is 1.23. The smallest absolute Gasteiger partial charge is 0.326 e. The van der Waals surface area contributed by atoms with E-state index in [1.165, 1.54) is 0 Å². The quantitative estimate of drug-likeness (QED) is 0.813. The zero-order chi connectivity index (χ0) is 16.8. The molecule has 1 aromatic carbocycles. The number of benzene rings is 1. The van der Waals surface area contributed by atoms with Crippen molar-refractivity contribution in [3.63, 3.8) is 0 Å². The number of amides is 1. The molecule has 0 aliphatic rings. The molecule has 2 rings (SSSR count). The highest BCUT2D eigenvalue weighted by atomic mass is 32.2. The molecule has 1 amide bonds. The number of hydrogen-bond acceptors (Lipinski definition) is 4. The van der Waals surface area contributed by atoms with E-state index < -0.39 is 17.9 Å². The Labute approximate surface area is 139 Å². The van der Waals surface area contributed by atoms with Gasteiger partial charge < -0.3 is 14.8 Å². The Bertz CT molecular complexity index is 681. The van der Waals surface area contributed by atoms with Crippen molar-refractivity contribution >= 4 is 23.6 Å². The van der Waals surface area contributed by atoms with Gasteiger partial charge in [-0.3, -0.25) is 4.79 Å². The van der Waals surface area contributed by atoms with E-state index in [0.717, 1.165) is 5.56 Å². The molecule has 1 aromatic heterocycles. The van der Waals surface area contributed by atoms with E-state index >= 15 is 0 Å². The fraction of sp³-hybridized carbons (Fsp3) is 0.294. The van der Waals surface area contributed by atoms with Gasteiger partial charge in [0.15, 0.2) is 0 Å². The predicted octanol–water partition coefficient (Wildman–Crippen LogP) is 3.19. The van der Waals surface area contributed by atoms with E-state index in [1.807, 2.05) is 36.6 Å². The van der Waals surface area contributed by atoms with Crippen molar-refractivity contribution in [2.75, 3.05) is 12.0 Å². The average Bonchev–Trinajstić information content (AvgIpc) is 2.94. The van der Waals surface area contributed by atoms with Gasteiger partial charge in [0, 0.05) is 5.56 Å². The molecule has 0 bridgehead atoms. The van der Waals surface area contributed by atoms with Gasteiger partial charge in [-0.25, -0.2) is 4.79 Å². The molecule has 2 aromatic rings. The fourth-order valence-corrected chi connectivity index (χ4v) is 2.65. The van der Waals surface area contributed by atoms with Crippen LogP contribution in [0.4, 0.5) is 0 Å². The Morgan fingerprint density at radius 2 is 2.00 bits per heavy atom. The van der Waals surface area contributed by atoms with Gasteiger partial charge in [-0.15, -0.1) is 0 Å². The van der Waals surface area contributed by atoms with Crippen molar-refractivity contribution in [1.29, 1.82) is 0 Å². The minimum Gasteiger partial charge on any atom is -0.480 e. The van der Waals surface area contributed by atoms with Gasteiger partial charge in [0.05, 0.1) is 5.56 Å². The van der Waals surface area contributed by atoms with Gasteiger partial charge in [-0.05, 0) is 31.4 Å². The standard InChI is InChI=1S/C17H19NO4S/c1-11-13(10-15(22-11)12-6-4-3-5-7-12)16(19)18-14(17(20)21)8-9-23-2/h3-7,10,14H,8-9H2,1-2H3,(H,18,19)(H,20,21). The van der Waals surface area contributed by atoms with Gasteiger partial charge in [-0.2, -0.15) is 11.8 Å². The maximum atomic E-state index is 12.3. The minimum absolute atomic E-state index is 0.360. The summed E-state index contributed by atoms with van der Waals surface area (Å²) in [4.78, 5) is 23.6. The van der Waals surface area contributed by atoms with E-state index in [4.69, 9.17) is 4.42 Å². The van der Waals surface area contributed by atoms with Crippen LogP contribution in [0.15, 0.2) is 40.8 Å². The monoisotopic (exact) mass is 333 g/mol. The second-order valence-electron chi connectivity index (χ2n) is 5.09. The maximum absolute atomic E-state index is 12.3. The number of carbonyl (C=O) groups excluding carboxylic acids is 1. The van der Waals surface area contributed by atoms with Crippen molar-refractivity contribution < 1.29 is 19.1 Å². The van der Waals surface area contributed by atoms with E-state index in [-0.39, 0.29) is 0 Å². The van der Waals surface area contributed by atoms with Crippen molar-refractivity contribution in [2.24, 2.45) is 0 Å². The van der Waals surface area contributed by atoms with Crippen molar-refractivity contribution in [2.45, 2.75) is 19.4 Å². The van der Waals surface area contributed by atoms with E-state index in [9.17, 15) is 14.7 Å². The molecule has 1 unspecified atom stereocenters. The molecule has 0 aliphatic carbocycles. The van der Waals surface area contributed by atoms with Crippen LogP contribution in [0.3, 0.4) is 0 Å². The lowest BCUT2D eigenvalue weighted by atomic mass is 10.1. The minimum atomic E-state index is -1.03. The third kappa shape index (κ3) is 4.39. The summed E-state index contributed by atoms with van der Waals surface area (Å²) in [5.74, 6) is 0.259. The van der Waals surface area contributed by atoms with Crippen LogP contribution < -0.4 is 5.32 Å². The summed E-state index contributed by atoms with van der Waals surface area (Å²) in [7, 11) is 0. The third-order valence-electron chi connectivity index (χ3n) is 3.43. The number of carbonyl (C=O) groups is 2. The number of thioether (sulfide) groups is 1. The molecule has 0 spiro atoms. The van der Waals surface area contributed by atoms with Gasteiger partial charge >= 0.3 is 5.97 Å². The molecule has 2 N–H and O–H groups in total. The first-order valence-corrected chi connectivity index (χ1v) is 8.60. The summed E-state index contributed by atoms with van der Waals surface area (Å²) in [6, 6.07) is 10.2. The van der Waals surface area contributed by atoms with E-state index in [0.29, 0.717) is 29.3 Å². The summed E-state index contributed by atoms with van der Waals surface area (Å²) in [6.07, 6.45) is 2.28. The highest BCUT2D eigenvalue weighted by molar-refractivity contribution is 7.98. The first kappa shape index (κ1) is 17.1. The van der Waals surface area contributed by atoms with E-state index in [1.54, 1.807) is 24.8 Å². The zero-order valence-corrected chi connectivity index (χ0v) is 13.9. The van der Waals surface area contributed by atoms with Crippen LogP contribution in [0.5, 0.6) is 0 Å². The normalized spacial score (nSPS) is 11.9. The Morgan fingerprint density at radius 1 is 1.30 bits per heavy atom. The molecule has 0 fully saturated rings. The summed E-state index contributed by atoms with van der Waals surface area (Å²) < 4.78 is 5.63.